The fraction of sp³-hybridized carbons (Fsp3) is 0.818. The molecule has 1 radical (unpaired) electrons. The van der Waals surface area contributed by atoms with E-state index in [4.69, 9.17) is 0 Å². The van der Waals surface area contributed by atoms with Gasteiger partial charge in [0.2, 0.25) is 0 Å². The third-order valence-corrected chi connectivity index (χ3v) is 2.67. The molecule has 0 N–H and O–H groups in total. The zero-order valence-corrected chi connectivity index (χ0v) is 8.31. The Balaban J connectivity index is 2.24. The molecule has 67 valence electrons. The quantitative estimate of drug-likeness (QED) is 0.543. The second-order valence-corrected chi connectivity index (χ2v) is 4.12. The van der Waals surface area contributed by atoms with E-state index in [1.807, 2.05) is 0 Å². The van der Waals surface area contributed by atoms with Crippen LogP contribution in [0.3, 0.4) is 0 Å². The Morgan fingerprint density at radius 3 is 2.08 bits per heavy atom. The Hall–Kier alpha value is -0.195. The van der Waals surface area contributed by atoms with Gasteiger partial charge in [-0.05, 0) is 0 Å². The maximum absolute atomic E-state index is 3.95. The van der Waals surface area contributed by atoms with Crippen LogP contribution in [-0.2, 0) is 0 Å². The van der Waals surface area contributed by atoms with Gasteiger partial charge in [0.1, 0.15) is 7.28 Å². The molecule has 0 aromatic heterocycles. The summed E-state index contributed by atoms with van der Waals surface area (Å²) in [5, 5.41) is 0. The second-order valence-electron chi connectivity index (χ2n) is 4.12. The smallest absolute Gasteiger partial charge is 0.119 e. The minimum absolute atomic E-state index is 0.836. The minimum Gasteiger partial charge on any atom is -0.119 e. The standard InChI is InChI=1S/C11H20B/c1-10(2)12-11-8-6-4-3-5-7-9-11/h11H,1,3-9H2,2H3. The van der Waals surface area contributed by atoms with Crippen molar-refractivity contribution < 1.29 is 0 Å². The van der Waals surface area contributed by atoms with Crippen molar-refractivity contribution in [2.45, 2.75) is 57.7 Å². The highest BCUT2D eigenvalue weighted by molar-refractivity contribution is 6.46. The van der Waals surface area contributed by atoms with Crippen LogP contribution >= 0.6 is 0 Å². The lowest BCUT2D eigenvalue weighted by atomic mass is 9.56. The van der Waals surface area contributed by atoms with Gasteiger partial charge < -0.3 is 0 Å². The van der Waals surface area contributed by atoms with Crippen molar-refractivity contribution >= 4 is 7.28 Å². The van der Waals surface area contributed by atoms with Crippen LogP contribution in [0.25, 0.3) is 0 Å². The molecule has 1 saturated carbocycles. The van der Waals surface area contributed by atoms with Gasteiger partial charge >= 0.3 is 0 Å². The van der Waals surface area contributed by atoms with Gasteiger partial charge in [0, 0.05) is 0 Å². The number of rotatable bonds is 2. The summed E-state index contributed by atoms with van der Waals surface area (Å²) in [5.41, 5.74) is 1.25. The Morgan fingerprint density at radius 2 is 1.58 bits per heavy atom. The van der Waals surface area contributed by atoms with Crippen molar-refractivity contribution in [3.05, 3.63) is 12.1 Å². The Bertz CT molecular complexity index is 132. The molecule has 0 amide bonds. The summed E-state index contributed by atoms with van der Waals surface area (Å²) in [6, 6.07) is 0. The van der Waals surface area contributed by atoms with Gasteiger partial charge in [-0.2, -0.15) is 0 Å². The molecule has 0 aromatic rings. The molecular weight excluding hydrogens is 143 g/mol. The summed E-state index contributed by atoms with van der Waals surface area (Å²) in [6.07, 6.45) is 9.99. The summed E-state index contributed by atoms with van der Waals surface area (Å²) < 4.78 is 0. The summed E-state index contributed by atoms with van der Waals surface area (Å²) in [5.74, 6) is 0.836. The first-order chi connectivity index (χ1) is 5.79. The van der Waals surface area contributed by atoms with Crippen LogP contribution in [0.5, 0.6) is 0 Å². The fourth-order valence-corrected chi connectivity index (χ4v) is 2.06. The zero-order valence-electron chi connectivity index (χ0n) is 8.31. The molecule has 0 aliphatic heterocycles. The van der Waals surface area contributed by atoms with E-state index in [1.54, 1.807) is 0 Å². The molecule has 0 spiro atoms. The fourth-order valence-electron chi connectivity index (χ4n) is 2.06. The predicted octanol–water partition coefficient (Wildman–Crippen LogP) is 3.76. The number of hydrogen-bond acceptors (Lipinski definition) is 0. The lowest BCUT2D eigenvalue weighted by Crippen LogP contribution is -2.07. The molecule has 0 bridgehead atoms. The van der Waals surface area contributed by atoms with Gasteiger partial charge in [0.05, 0.1) is 0 Å². The molecule has 0 heterocycles. The van der Waals surface area contributed by atoms with Gasteiger partial charge in [0.25, 0.3) is 0 Å². The summed E-state index contributed by atoms with van der Waals surface area (Å²) in [7, 11) is 2.37. The highest BCUT2D eigenvalue weighted by Crippen LogP contribution is 2.26. The van der Waals surface area contributed by atoms with E-state index in [0.717, 1.165) is 5.82 Å². The van der Waals surface area contributed by atoms with E-state index in [9.17, 15) is 0 Å². The molecule has 12 heavy (non-hydrogen) atoms. The predicted molar refractivity (Wildman–Crippen MR) is 56.6 cm³/mol. The van der Waals surface area contributed by atoms with Gasteiger partial charge in [0.15, 0.2) is 0 Å². The first-order valence-electron chi connectivity index (χ1n) is 5.29. The van der Waals surface area contributed by atoms with Gasteiger partial charge in [-0.25, -0.2) is 0 Å². The molecule has 1 heteroatoms. The molecule has 0 saturated heterocycles. The molecule has 1 aliphatic rings. The molecule has 1 fully saturated rings. The summed E-state index contributed by atoms with van der Waals surface area (Å²) in [6.45, 7) is 6.06. The Kier molecular flexibility index (Phi) is 4.49. The third kappa shape index (κ3) is 3.99. The van der Waals surface area contributed by atoms with Crippen molar-refractivity contribution in [3.63, 3.8) is 0 Å². The normalized spacial score (nSPS) is 21.1. The molecule has 0 nitrogen and oxygen atoms in total. The van der Waals surface area contributed by atoms with Crippen LogP contribution in [0.4, 0.5) is 0 Å². The maximum atomic E-state index is 3.95. The number of allylic oxidation sites excluding steroid dienone is 1. The monoisotopic (exact) mass is 163 g/mol. The van der Waals surface area contributed by atoms with E-state index in [2.05, 4.69) is 20.8 Å². The molecule has 0 aromatic carbocycles. The minimum atomic E-state index is 0.836. The lowest BCUT2D eigenvalue weighted by molar-refractivity contribution is 0.502. The van der Waals surface area contributed by atoms with E-state index in [1.165, 1.54) is 50.4 Å². The van der Waals surface area contributed by atoms with Crippen LogP contribution in [-0.4, -0.2) is 7.28 Å². The van der Waals surface area contributed by atoms with E-state index < -0.39 is 0 Å². The van der Waals surface area contributed by atoms with Crippen molar-refractivity contribution in [1.29, 1.82) is 0 Å². The first kappa shape index (κ1) is 9.89. The first-order valence-corrected chi connectivity index (χ1v) is 5.29. The molecule has 1 rings (SSSR count). The highest BCUT2D eigenvalue weighted by atomic mass is 14.1. The third-order valence-electron chi connectivity index (χ3n) is 2.67. The Morgan fingerprint density at radius 1 is 1.08 bits per heavy atom. The Labute approximate surface area is 77.7 Å². The zero-order chi connectivity index (χ0) is 8.81. The van der Waals surface area contributed by atoms with E-state index >= 15 is 0 Å². The van der Waals surface area contributed by atoms with Crippen LogP contribution in [0.15, 0.2) is 12.1 Å². The topological polar surface area (TPSA) is 0 Å². The SMILES string of the molecule is C=C(C)[B]C1CCCCCCC1. The van der Waals surface area contributed by atoms with Crippen LogP contribution < -0.4 is 0 Å². The van der Waals surface area contributed by atoms with E-state index in [0.29, 0.717) is 0 Å². The maximum Gasteiger partial charge on any atom is 0.148 e. The average molecular weight is 163 g/mol. The summed E-state index contributed by atoms with van der Waals surface area (Å²) in [4.78, 5) is 0. The largest absolute Gasteiger partial charge is 0.148 e. The lowest BCUT2D eigenvalue weighted by Gasteiger charge is -2.18. The van der Waals surface area contributed by atoms with Crippen molar-refractivity contribution in [1.82, 2.24) is 0 Å². The molecule has 0 unspecified atom stereocenters. The van der Waals surface area contributed by atoms with Crippen molar-refractivity contribution in [3.8, 4) is 0 Å². The average Bonchev–Trinajstić information content (AvgIpc) is 1.93. The van der Waals surface area contributed by atoms with Crippen LogP contribution in [0, 0.1) is 0 Å². The van der Waals surface area contributed by atoms with Crippen molar-refractivity contribution in [2.75, 3.05) is 0 Å². The molecule has 1 aliphatic carbocycles. The van der Waals surface area contributed by atoms with Gasteiger partial charge in [-0.15, -0.1) is 12.1 Å². The molecule has 0 atom stereocenters. The van der Waals surface area contributed by atoms with Gasteiger partial charge in [-0.1, -0.05) is 57.7 Å². The van der Waals surface area contributed by atoms with Crippen LogP contribution in [0.2, 0.25) is 5.82 Å². The van der Waals surface area contributed by atoms with Crippen molar-refractivity contribution in [2.24, 2.45) is 0 Å². The highest BCUT2D eigenvalue weighted by Gasteiger charge is 2.11. The second kappa shape index (κ2) is 5.45. The van der Waals surface area contributed by atoms with Gasteiger partial charge in [-0.3, -0.25) is 0 Å². The summed E-state index contributed by atoms with van der Waals surface area (Å²) >= 11 is 0. The van der Waals surface area contributed by atoms with E-state index in [-0.39, 0.29) is 0 Å². The molecular formula is C11H20B. The van der Waals surface area contributed by atoms with Crippen LogP contribution in [0.1, 0.15) is 51.9 Å². The number of hydrogen-bond donors (Lipinski definition) is 0.